The maximum Gasteiger partial charge on any atom is 0.0949 e. The molecule has 1 aromatic carbocycles. The predicted molar refractivity (Wildman–Crippen MR) is 81.7 cm³/mol. The molecule has 3 rings (SSSR count). The van der Waals surface area contributed by atoms with Gasteiger partial charge in [0.15, 0.2) is 0 Å². The number of aryl methyl sites for hydroxylation is 1. The van der Waals surface area contributed by atoms with Gasteiger partial charge in [0.25, 0.3) is 0 Å². The molecule has 1 aromatic heterocycles. The Morgan fingerprint density at radius 3 is 2.80 bits per heavy atom. The summed E-state index contributed by atoms with van der Waals surface area (Å²) in [6.07, 6.45) is 3.00. The molecule has 1 fully saturated rings. The Balaban J connectivity index is 1.71. The van der Waals surface area contributed by atoms with Gasteiger partial charge in [-0.3, -0.25) is 4.68 Å². The van der Waals surface area contributed by atoms with Gasteiger partial charge >= 0.3 is 0 Å². The number of nitrogens with one attached hydrogen (secondary N) is 1. The Hall–Kier alpha value is -1.17. The molecule has 5 heteroatoms. The highest BCUT2D eigenvalue weighted by molar-refractivity contribution is 9.10. The zero-order valence-corrected chi connectivity index (χ0v) is 13.1. The fraction of sp³-hybridized carbons (Fsp3) is 0.400. The number of ether oxygens (including phenoxy) is 1. The number of hydrogen-bond acceptors (Lipinski definition) is 3. The van der Waals surface area contributed by atoms with E-state index in [2.05, 4.69) is 50.6 Å². The molecule has 1 N–H and O–H groups in total. The van der Waals surface area contributed by atoms with Crippen LogP contribution in [0, 0.1) is 0 Å². The van der Waals surface area contributed by atoms with E-state index >= 15 is 0 Å². The lowest BCUT2D eigenvalue weighted by Gasteiger charge is -2.24. The molecular formula is C15H18BrN3O. The predicted octanol–water partition coefficient (Wildman–Crippen LogP) is 2.43. The summed E-state index contributed by atoms with van der Waals surface area (Å²) in [5, 5.41) is 7.81. The monoisotopic (exact) mass is 335 g/mol. The summed E-state index contributed by atoms with van der Waals surface area (Å²) >= 11 is 3.54. The molecule has 0 spiro atoms. The van der Waals surface area contributed by atoms with Gasteiger partial charge in [-0.25, -0.2) is 0 Å². The Morgan fingerprint density at radius 2 is 2.20 bits per heavy atom. The SMILES string of the molecule is Cn1cc(Br)c(Cc2ccc(C3CNCCO3)cc2)n1. The van der Waals surface area contributed by atoms with Crippen LogP contribution in [0.3, 0.4) is 0 Å². The molecule has 1 saturated heterocycles. The van der Waals surface area contributed by atoms with Crippen LogP contribution in [0.5, 0.6) is 0 Å². The van der Waals surface area contributed by atoms with Crippen molar-refractivity contribution in [3.63, 3.8) is 0 Å². The molecule has 1 aliphatic heterocycles. The zero-order chi connectivity index (χ0) is 13.9. The van der Waals surface area contributed by atoms with E-state index in [1.807, 2.05) is 17.9 Å². The van der Waals surface area contributed by atoms with Gasteiger partial charge in [-0.05, 0) is 27.1 Å². The quantitative estimate of drug-likeness (QED) is 0.936. The first-order valence-electron chi connectivity index (χ1n) is 6.81. The van der Waals surface area contributed by atoms with Gasteiger partial charge in [0.2, 0.25) is 0 Å². The molecule has 0 bridgehead atoms. The van der Waals surface area contributed by atoms with Crippen molar-refractivity contribution < 1.29 is 4.74 Å². The fourth-order valence-electron chi connectivity index (χ4n) is 2.45. The third kappa shape index (κ3) is 3.11. The maximum atomic E-state index is 5.76. The van der Waals surface area contributed by atoms with Crippen molar-refractivity contribution in [1.82, 2.24) is 15.1 Å². The van der Waals surface area contributed by atoms with Crippen LogP contribution in [0.25, 0.3) is 0 Å². The number of hydrogen-bond donors (Lipinski definition) is 1. The minimum atomic E-state index is 0.180. The molecule has 1 unspecified atom stereocenters. The van der Waals surface area contributed by atoms with Crippen LogP contribution in [-0.2, 0) is 18.2 Å². The summed E-state index contributed by atoms with van der Waals surface area (Å²) in [6.45, 7) is 2.63. The Labute approximate surface area is 127 Å². The maximum absolute atomic E-state index is 5.76. The topological polar surface area (TPSA) is 39.1 Å². The van der Waals surface area contributed by atoms with E-state index in [0.29, 0.717) is 0 Å². The summed E-state index contributed by atoms with van der Waals surface area (Å²) in [5.41, 5.74) is 3.56. The summed E-state index contributed by atoms with van der Waals surface area (Å²) in [5.74, 6) is 0. The largest absolute Gasteiger partial charge is 0.371 e. The van der Waals surface area contributed by atoms with Crippen LogP contribution in [-0.4, -0.2) is 29.5 Å². The van der Waals surface area contributed by atoms with Gasteiger partial charge in [0.1, 0.15) is 0 Å². The lowest BCUT2D eigenvalue weighted by molar-refractivity contribution is 0.0277. The van der Waals surface area contributed by atoms with Crippen molar-refractivity contribution >= 4 is 15.9 Å². The second-order valence-electron chi connectivity index (χ2n) is 5.08. The van der Waals surface area contributed by atoms with Crippen LogP contribution >= 0.6 is 15.9 Å². The number of halogens is 1. The average Bonchev–Trinajstić information content (AvgIpc) is 2.79. The molecule has 1 aliphatic rings. The Bertz CT molecular complexity index is 573. The summed E-state index contributed by atoms with van der Waals surface area (Å²) in [7, 11) is 1.94. The van der Waals surface area contributed by atoms with E-state index in [1.54, 1.807) is 0 Å². The van der Waals surface area contributed by atoms with Crippen LogP contribution in [0.15, 0.2) is 34.9 Å². The van der Waals surface area contributed by atoms with Gasteiger partial charge < -0.3 is 10.1 Å². The van der Waals surface area contributed by atoms with Crippen LogP contribution < -0.4 is 5.32 Å². The van der Waals surface area contributed by atoms with E-state index < -0.39 is 0 Å². The standard InChI is InChI=1S/C15H18BrN3O/c1-19-10-13(16)14(18-19)8-11-2-4-12(5-3-11)15-9-17-6-7-20-15/h2-5,10,15,17H,6-9H2,1H3. The molecule has 1 atom stereocenters. The molecule has 4 nitrogen and oxygen atoms in total. The highest BCUT2D eigenvalue weighted by Crippen LogP contribution is 2.22. The molecular weight excluding hydrogens is 318 g/mol. The molecule has 0 aliphatic carbocycles. The van der Waals surface area contributed by atoms with Crippen molar-refractivity contribution in [2.45, 2.75) is 12.5 Å². The van der Waals surface area contributed by atoms with Crippen molar-refractivity contribution in [2.75, 3.05) is 19.7 Å². The zero-order valence-electron chi connectivity index (χ0n) is 11.5. The van der Waals surface area contributed by atoms with Crippen LogP contribution in [0.2, 0.25) is 0 Å². The molecule has 0 amide bonds. The number of aromatic nitrogens is 2. The van der Waals surface area contributed by atoms with Gasteiger partial charge in [-0.15, -0.1) is 0 Å². The lowest BCUT2D eigenvalue weighted by atomic mass is 10.0. The first kappa shape index (κ1) is 13.8. The normalized spacial score (nSPS) is 19.2. The van der Waals surface area contributed by atoms with Gasteiger partial charge in [0.05, 0.1) is 22.9 Å². The van der Waals surface area contributed by atoms with Crippen LogP contribution in [0.4, 0.5) is 0 Å². The van der Waals surface area contributed by atoms with E-state index in [-0.39, 0.29) is 6.10 Å². The average molecular weight is 336 g/mol. The number of rotatable bonds is 3. The van der Waals surface area contributed by atoms with E-state index in [4.69, 9.17) is 4.74 Å². The lowest BCUT2D eigenvalue weighted by Crippen LogP contribution is -2.33. The molecule has 20 heavy (non-hydrogen) atoms. The second-order valence-corrected chi connectivity index (χ2v) is 5.93. The summed E-state index contributed by atoms with van der Waals surface area (Å²) < 4.78 is 8.65. The number of morpholine rings is 1. The van der Waals surface area contributed by atoms with Gasteiger partial charge in [0, 0.05) is 32.8 Å². The Kier molecular flexibility index (Phi) is 4.19. The van der Waals surface area contributed by atoms with E-state index in [1.165, 1.54) is 11.1 Å². The molecule has 0 radical (unpaired) electrons. The fourth-order valence-corrected chi connectivity index (χ4v) is 2.96. The molecule has 106 valence electrons. The van der Waals surface area contributed by atoms with E-state index in [9.17, 15) is 0 Å². The molecule has 2 heterocycles. The van der Waals surface area contributed by atoms with Gasteiger partial charge in [-0.2, -0.15) is 5.10 Å². The van der Waals surface area contributed by atoms with Crippen molar-refractivity contribution in [2.24, 2.45) is 7.05 Å². The second kappa shape index (κ2) is 6.08. The number of benzene rings is 1. The third-order valence-electron chi connectivity index (χ3n) is 3.50. The summed E-state index contributed by atoms with van der Waals surface area (Å²) in [4.78, 5) is 0. The van der Waals surface area contributed by atoms with E-state index in [0.717, 1.165) is 36.3 Å². The highest BCUT2D eigenvalue weighted by atomic mass is 79.9. The van der Waals surface area contributed by atoms with Crippen molar-refractivity contribution in [1.29, 1.82) is 0 Å². The van der Waals surface area contributed by atoms with Gasteiger partial charge in [-0.1, -0.05) is 24.3 Å². The number of nitrogens with zero attached hydrogens (tertiary/aromatic N) is 2. The Morgan fingerprint density at radius 1 is 1.40 bits per heavy atom. The minimum Gasteiger partial charge on any atom is -0.371 e. The third-order valence-corrected chi connectivity index (χ3v) is 4.17. The molecule has 0 saturated carbocycles. The first-order valence-corrected chi connectivity index (χ1v) is 7.61. The van der Waals surface area contributed by atoms with Crippen molar-refractivity contribution in [3.8, 4) is 0 Å². The highest BCUT2D eigenvalue weighted by Gasteiger charge is 2.15. The minimum absolute atomic E-state index is 0.180. The van der Waals surface area contributed by atoms with Crippen LogP contribution in [0.1, 0.15) is 22.9 Å². The summed E-state index contributed by atoms with van der Waals surface area (Å²) in [6, 6.07) is 8.64. The smallest absolute Gasteiger partial charge is 0.0949 e. The first-order chi connectivity index (χ1) is 9.72. The van der Waals surface area contributed by atoms with Crippen molar-refractivity contribution in [3.05, 3.63) is 51.8 Å². The molecule has 2 aromatic rings.